The Morgan fingerprint density at radius 3 is 1.93 bits per heavy atom. The minimum absolute atomic E-state index is 1.04. The Labute approximate surface area is 166 Å². The van der Waals surface area contributed by atoms with Crippen molar-refractivity contribution in [2.45, 2.75) is 12.8 Å². The highest BCUT2D eigenvalue weighted by molar-refractivity contribution is 5.89. The van der Waals surface area contributed by atoms with Gasteiger partial charge in [0.25, 0.3) is 0 Å². The van der Waals surface area contributed by atoms with Gasteiger partial charge in [-0.25, -0.2) is 4.98 Å². The highest BCUT2D eigenvalue weighted by atomic mass is 14.7. The standard InChI is InChI=1S/C27H21N/c1-4-10-20(11-5-1)18-23-16-17-24-25(21-12-6-2-7-13-21)19-26(28-27(23)24)22-14-8-3-9-15-22/h1-15,18-19H,16-17H2/b23-18+. The molecule has 0 saturated heterocycles. The summed E-state index contributed by atoms with van der Waals surface area (Å²) in [6.07, 6.45) is 4.37. The number of hydrogen-bond donors (Lipinski definition) is 0. The number of rotatable bonds is 3. The van der Waals surface area contributed by atoms with Crippen molar-refractivity contribution in [3.05, 3.63) is 114 Å². The van der Waals surface area contributed by atoms with E-state index in [0.29, 0.717) is 0 Å². The molecule has 1 nitrogen and oxygen atoms in total. The van der Waals surface area contributed by atoms with E-state index < -0.39 is 0 Å². The van der Waals surface area contributed by atoms with E-state index in [0.717, 1.165) is 29.8 Å². The molecule has 4 aromatic rings. The van der Waals surface area contributed by atoms with Crippen LogP contribution in [-0.2, 0) is 6.42 Å². The van der Waals surface area contributed by atoms with Crippen LogP contribution >= 0.6 is 0 Å². The van der Waals surface area contributed by atoms with Gasteiger partial charge in [0, 0.05) is 5.56 Å². The van der Waals surface area contributed by atoms with Crippen LogP contribution in [0.5, 0.6) is 0 Å². The van der Waals surface area contributed by atoms with Crippen LogP contribution in [0.15, 0.2) is 97.1 Å². The molecule has 0 amide bonds. The Kier molecular flexibility index (Phi) is 4.34. The Bertz CT molecular complexity index is 1130. The largest absolute Gasteiger partial charge is 0.248 e. The summed E-state index contributed by atoms with van der Waals surface area (Å²) in [6, 6.07) is 34.0. The molecule has 5 rings (SSSR count). The fraction of sp³-hybridized carbons (Fsp3) is 0.0741. The maximum atomic E-state index is 5.12. The first kappa shape index (κ1) is 16.7. The van der Waals surface area contributed by atoms with Gasteiger partial charge in [0.15, 0.2) is 0 Å². The van der Waals surface area contributed by atoms with Crippen molar-refractivity contribution in [1.29, 1.82) is 0 Å². The number of pyridine rings is 1. The molecule has 1 aliphatic rings. The van der Waals surface area contributed by atoms with Gasteiger partial charge in [0.1, 0.15) is 0 Å². The molecule has 1 heterocycles. The van der Waals surface area contributed by atoms with Crippen LogP contribution in [0.1, 0.15) is 23.2 Å². The fourth-order valence-electron chi connectivity index (χ4n) is 3.99. The van der Waals surface area contributed by atoms with E-state index in [2.05, 4.69) is 103 Å². The molecule has 0 saturated carbocycles. The molecule has 1 aromatic heterocycles. The molecule has 1 heteroatoms. The van der Waals surface area contributed by atoms with E-state index in [-0.39, 0.29) is 0 Å². The molecule has 0 radical (unpaired) electrons. The highest BCUT2D eigenvalue weighted by Gasteiger charge is 2.23. The van der Waals surface area contributed by atoms with Crippen LogP contribution in [0, 0.1) is 0 Å². The molecule has 0 spiro atoms. The maximum absolute atomic E-state index is 5.12. The normalized spacial score (nSPS) is 14.2. The lowest BCUT2D eigenvalue weighted by Crippen LogP contribution is -1.96. The van der Waals surface area contributed by atoms with E-state index in [1.807, 2.05) is 0 Å². The van der Waals surface area contributed by atoms with Gasteiger partial charge >= 0.3 is 0 Å². The quantitative estimate of drug-likeness (QED) is 0.387. The predicted octanol–water partition coefficient (Wildman–Crippen LogP) is 6.90. The second-order valence-corrected chi connectivity index (χ2v) is 7.19. The molecule has 0 atom stereocenters. The number of benzene rings is 3. The molecule has 28 heavy (non-hydrogen) atoms. The lowest BCUT2D eigenvalue weighted by molar-refractivity contribution is 1.08. The monoisotopic (exact) mass is 359 g/mol. The lowest BCUT2D eigenvalue weighted by Gasteiger charge is -2.12. The number of hydrogen-bond acceptors (Lipinski definition) is 1. The smallest absolute Gasteiger partial charge is 0.0715 e. The van der Waals surface area contributed by atoms with Crippen molar-refractivity contribution in [3.63, 3.8) is 0 Å². The predicted molar refractivity (Wildman–Crippen MR) is 118 cm³/mol. The maximum Gasteiger partial charge on any atom is 0.0715 e. The van der Waals surface area contributed by atoms with Crippen LogP contribution in [-0.4, -0.2) is 4.98 Å². The van der Waals surface area contributed by atoms with Crippen LogP contribution in [0.25, 0.3) is 34.0 Å². The molecule has 0 N–H and O–H groups in total. The van der Waals surface area contributed by atoms with Crippen molar-refractivity contribution < 1.29 is 0 Å². The summed E-state index contributed by atoms with van der Waals surface area (Å²) < 4.78 is 0. The van der Waals surface area contributed by atoms with E-state index in [9.17, 15) is 0 Å². The van der Waals surface area contributed by atoms with E-state index >= 15 is 0 Å². The third-order valence-corrected chi connectivity index (χ3v) is 5.37. The third-order valence-electron chi connectivity index (χ3n) is 5.37. The van der Waals surface area contributed by atoms with Gasteiger partial charge in [-0.3, -0.25) is 0 Å². The third kappa shape index (κ3) is 3.16. The summed E-state index contributed by atoms with van der Waals surface area (Å²) in [6.45, 7) is 0. The van der Waals surface area contributed by atoms with E-state index in [1.54, 1.807) is 0 Å². The van der Waals surface area contributed by atoms with Crippen molar-refractivity contribution in [1.82, 2.24) is 4.98 Å². The Morgan fingerprint density at radius 2 is 1.25 bits per heavy atom. The fourth-order valence-corrected chi connectivity index (χ4v) is 3.99. The molecule has 1 aliphatic carbocycles. The second-order valence-electron chi connectivity index (χ2n) is 7.19. The lowest BCUT2D eigenvalue weighted by atomic mass is 9.96. The van der Waals surface area contributed by atoms with Gasteiger partial charge in [-0.05, 0) is 52.8 Å². The Balaban J connectivity index is 1.71. The van der Waals surface area contributed by atoms with Gasteiger partial charge in [-0.1, -0.05) is 91.0 Å². The Morgan fingerprint density at radius 1 is 0.643 bits per heavy atom. The molecule has 0 fully saturated rings. The molecule has 0 bridgehead atoms. The zero-order valence-corrected chi connectivity index (χ0v) is 15.7. The molecule has 134 valence electrons. The zero-order valence-electron chi connectivity index (χ0n) is 15.7. The summed E-state index contributed by atoms with van der Waals surface area (Å²) in [5.41, 5.74) is 9.86. The van der Waals surface area contributed by atoms with E-state index in [4.69, 9.17) is 4.98 Å². The van der Waals surface area contributed by atoms with Crippen molar-refractivity contribution in [2.75, 3.05) is 0 Å². The summed E-state index contributed by atoms with van der Waals surface area (Å²) in [7, 11) is 0. The number of fused-ring (bicyclic) bond motifs is 1. The minimum Gasteiger partial charge on any atom is -0.248 e. The summed E-state index contributed by atoms with van der Waals surface area (Å²) in [5.74, 6) is 0. The second kappa shape index (κ2) is 7.28. The number of aromatic nitrogens is 1. The van der Waals surface area contributed by atoms with Crippen molar-refractivity contribution >= 4 is 11.6 Å². The minimum atomic E-state index is 1.04. The van der Waals surface area contributed by atoms with Gasteiger partial charge in [-0.2, -0.15) is 0 Å². The van der Waals surface area contributed by atoms with Crippen molar-refractivity contribution in [2.24, 2.45) is 0 Å². The van der Waals surface area contributed by atoms with Gasteiger partial charge in [0.2, 0.25) is 0 Å². The van der Waals surface area contributed by atoms with Crippen molar-refractivity contribution in [3.8, 4) is 22.4 Å². The van der Waals surface area contributed by atoms with Gasteiger partial charge < -0.3 is 0 Å². The molecular weight excluding hydrogens is 338 g/mol. The number of nitrogens with zero attached hydrogens (tertiary/aromatic N) is 1. The first-order chi connectivity index (χ1) is 13.9. The summed E-state index contributed by atoms with van der Waals surface area (Å²) in [5, 5.41) is 0. The Hall–Kier alpha value is -3.45. The first-order valence-electron chi connectivity index (χ1n) is 9.79. The molecule has 0 aliphatic heterocycles. The SMILES string of the molecule is C(=C1/CCc2c(-c3ccccc3)cc(-c3ccccc3)nc21)/c1ccccc1. The highest BCUT2D eigenvalue weighted by Crippen LogP contribution is 2.40. The summed E-state index contributed by atoms with van der Waals surface area (Å²) >= 11 is 0. The van der Waals surface area contributed by atoms with Gasteiger partial charge in [-0.15, -0.1) is 0 Å². The first-order valence-corrected chi connectivity index (χ1v) is 9.79. The average Bonchev–Trinajstić information content (AvgIpc) is 3.18. The molecule has 0 unspecified atom stereocenters. The van der Waals surface area contributed by atoms with Crippen LogP contribution < -0.4 is 0 Å². The van der Waals surface area contributed by atoms with Crippen LogP contribution in [0.3, 0.4) is 0 Å². The molecular formula is C27H21N. The topological polar surface area (TPSA) is 12.9 Å². The number of allylic oxidation sites excluding steroid dienone is 1. The molecule has 3 aromatic carbocycles. The average molecular weight is 359 g/mol. The van der Waals surface area contributed by atoms with Crippen LogP contribution in [0.2, 0.25) is 0 Å². The summed E-state index contributed by atoms with van der Waals surface area (Å²) in [4.78, 5) is 5.12. The van der Waals surface area contributed by atoms with Gasteiger partial charge in [0.05, 0.1) is 11.4 Å². The zero-order chi connectivity index (χ0) is 18.8. The van der Waals surface area contributed by atoms with Crippen LogP contribution in [0.4, 0.5) is 0 Å². The van der Waals surface area contributed by atoms with E-state index in [1.165, 1.54) is 27.8 Å².